The number of hydrogen-bond acceptors (Lipinski definition) is 2. The highest BCUT2D eigenvalue weighted by Gasteiger charge is 1.79. The van der Waals surface area contributed by atoms with E-state index in [0.29, 0.717) is 6.08 Å². The van der Waals surface area contributed by atoms with E-state index in [1.54, 1.807) is 0 Å². The Morgan fingerprint density at radius 1 is 1.71 bits per heavy atom. The molecule has 0 rings (SSSR count). The van der Waals surface area contributed by atoms with Crippen LogP contribution in [0.1, 0.15) is 0 Å². The first kappa shape index (κ1) is 5.88. The number of rotatable bonds is 2. The normalized spacial score (nSPS) is 9.14. The summed E-state index contributed by atoms with van der Waals surface area (Å²) in [4.78, 5) is 18.7. The van der Waals surface area contributed by atoms with E-state index in [4.69, 9.17) is 5.11 Å². The van der Waals surface area contributed by atoms with Crippen molar-refractivity contribution in [3.8, 4) is 0 Å². The van der Waals surface area contributed by atoms with Crippen LogP contribution in [0.4, 0.5) is 0 Å². The van der Waals surface area contributed by atoms with E-state index in [1.807, 2.05) is 0 Å². The molecular formula is C4H3O3. The lowest BCUT2D eigenvalue weighted by molar-refractivity contribution is -0.131. The topological polar surface area (TPSA) is 54.4 Å². The quantitative estimate of drug-likeness (QED) is 0.485. The zero-order valence-corrected chi connectivity index (χ0v) is 3.42. The summed E-state index contributed by atoms with van der Waals surface area (Å²) in [6.07, 6.45) is 2.80. The van der Waals surface area contributed by atoms with E-state index in [0.717, 1.165) is 6.08 Å². The van der Waals surface area contributed by atoms with Gasteiger partial charge in [-0.05, 0) is 6.08 Å². The van der Waals surface area contributed by atoms with Gasteiger partial charge in [0.05, 0.1) is 0 Å². The first-order valence-corrected chi connectivity index (χ1v) is 1.54. The molecule has 0 bridgehead atoms. The molecule has 3 nitrogen and oxygen atoms in total. The molecule has 0 aromatic carbocycles. The van der Waals surface area contributed by atoms with Crippen LogP contribution >= 0.6 is 0 Å². The second-order valence-electron chi connectivity index (χ2n) is 0.789. The van der Waals surface area contributed by atoms with Gasteiger partial charge in [-0.25, -0.2) is 4.79 Å². The molecular weight excluding hydrogens is 96.0 g/mol. The molecule has 0 aromatic heterocycles. The number of carbonyl (C=O) groups excluding carboxylic acids is 1. The Hall–Kier alpha value is -1.12. The van der Waals surface area contributed by atoms with E-state index in [2.05, 4.69) is 0 Å². The third-order valence-corrected chi connectivity index (χ3v) is 0.294. The molecule has 0 heterocycles. The number of allylic oxidation sites excluding steroid dienone is 1. The van der Waals surface area contributed by atoms with Crippen molar-refractivity contribution in [2.45, 2.75) is 0 Å². The number of aliphatic carboxylic acids is 1. The summed E-state index contributed by atoms with van der Waals surface area (Å²) in [6, 6.07) is 0. The summed E-state index contributed by atoms with van der Waals surface area (Å²) in [5.41, 5.74) is 0. The molecule has 0 saturated heterocycles. The minimum Gasteiger partial charge on any atom is -0.478 e. The molecule has 37 valence electrons. The molecule has 0 aliphatic heterocycles. The van der Waals surface area contributed by atoms with Crippen LogP contribution in [-0.2, 0) is 9.59 Å². The minimum atomic E-state index is -1.14. The maximum atomic E-state index is 9.49. The fourth-order valence-corrected chi connectivity index (χ4v) is 0.105. The molecule has 1 N–H and O–H groups in total. The lowest BCUT2D eigenvalue weighted by Crippen LogP contribution is -1.84. The number of carboxylic acids is 1. The molecule has 1 radical (unpaired) electrons. The number of carbonyl (C=O) groups is 1. The van der Waals surface area contributed by atoms with Crippen LogP contribution in [0, 0.1) is 0 Å². The number of carboxylic acid groups (broad SMARTS) is 1. The van der Waals surface area contributed by atoms with Crippen molar-refractivity contribution in [1.29, 1.82) is 0 Å². The zero-order chi connectivity index (χ0) is 5.70. The molecule has 0 unspecified atom stereocenters. The Kier molecular flexibility index (Phi) is 2.59. The fraction of sp³-hybridized carbons (Fsp3) is 0. The van der Waals surface area contributed by atoms with Gasteiger partial charge < -0.3 is 5.11 Å². The molecule has 0 fully saturated rings. The van der Waals surface area contributed by atoms with Crippen LogP contribution in [0.25, 0.3) is 0 Å². The monoisotopic (exact) mass is 99.0 g/mol. The average Bonchev–Trinajstić information content (AvgIpc) is 1.61. The van der Waals surface area contributed by atoms with E-state index in [-0.39, 0.29) is 0 Å². The van der Waals surface area contributed by atoms with E-state index in [1.165, 1.54) is 6.29 Å². The van der Waals surface area contributed by atoms with E-state index >= 15 is 0 Å². The first-order chi connectivity index (χ1) is 3.27. The summed E-state index contributed by atoms with van der Waals surface area (Å²) in [7, 11) is 0. The summed E-state index contributed by atoms with van der Waals surface area (Å²) < 4.78 is 0. The standard InChI is InChI=1S/C4H3O3/c5-3-1-2-4(6)7/h1-2H,(H,6,7). The maximum absolute atomic E-state index is 9.49. The highest BCUT2D eigenvalue weighted by molar-refractivity contribution is 5.84. The second-order valence-corrected chi connectivity index (χ2v) is 0.789. The summed E-state index contributed by atoms with van der Waals surface area (Å²) >= 11 is 0. The van der Waals surface area contributed by atoms with Gasteiger partial charge in [0.15, 0.2) is 0 Å². The van der Waals surface area contributed by atoms with Gasteiger partial charge >= 0.3 is 5.97 Å². The highest BCUT2D eigenvalue weighted by atomic mass is 16.4. The second kappa shape index (κ2) is 3.08. The van der Waals surface area contributed by atoms with Gasteiger partial charge in [0.2, 0.25) is 6.29 Å². The Balaban J connectivity index is 3.46. The van der Waals surface area contributed by atoms with Crippen LogP contribution in [0.15, 0.2) is 12.2 Å². The van der Waals surface area contributed by atoms with Crippen molar-refractivity contribution in [1.82, 2.24) is 0 Å². The highest BCUT2D eigenvalue weighted by Crippen LogP contribution is 1.64. The Morgan fingerprint density at radius 3 is 2.43 bits per heavy atom. The van der Waals surface area contributed by atoms with Gasteiger partial charge in [0, 0.05) is 6.08 Å². The largest absolute Gasteiger partial charge is 0.478 e. The van der Waals surface area contributed by atoms with Crippen LogP contribution in [0.3, 0.4) is 0 Å². The Morgan fingerprint density at radius 2 is 2.29 bits per heavy atom. The van der Waals surface area contributed by atoms with Gasteiger partial charge in [0.1, 0.15) is 0 Å². The summed E-state index contributed by atoms with van der Waals surface area (Å²) in [5.74, 6) is -1.14. The summed E-state index contributed by atoms with van der Waals surface area (Å²) in [5, 5.41) is 7.78. The van der Waals surface area contributed by atoms with Crippen molar-refractivity contribution in [2.75, 3.05) is 0 Å². The van der Waals surface area contributed by atoms with Gasteiger partial charge in [-0.1, -0.05) is 0 Å². The molecule has 0 aromatic rings. The van der Waals surface area contributed by atoms with Gasteiger partial charge in [-0.2, -0.15) is 0 Å². The van der Waals surface area contributed by atoms with Crippen molar-refractivity contribution >= 4 is 12.3 Å². The summed E-state index contributed by atoms with van der Waals surface area (Å²) in [6.45, 7) is 0. The van der Waals surface area contributed by atoms with Crippen LogP contribution in [0.2, 0.25) is 0 Å². The van der Waals surface area contributed by atoms with Crippen molar-refractivity contribution in [3.63, 3.8) is 0 Å². The number of hydrogen-bond donors (Lipinski definition) is 1. The van der Waals surface area contributed by atoms with Crippen molar-refractivity contribution in [3.05, 3.63) is 12.2 Å². The molecule has 0 aliphatic rings. The molecule has 3 heteroatoms. The van der Waals surface area contributed by atoms with Gasteiger partial charge in [0.25, 0.3) is 0 Å². The Bertz CT molecular complexity index is 104. The van der Waals surface area contributed by atoms with Crippen LogP contribution in [-0.4, -0.2) is 17.4 Å². The minimum absolute atomic E-state index is 0.715. The SMILES string of the molecule is O=[C]C=CC(=O)O. The fourth-order valence-electron chi connectivity index (χ4n) is 0.105. The average molecular weight is 99.1 g/mol. The Labute approximate surface area is 40.3 Å². The van der Waals surface area contributed by atoms with E-state index < -0.39 is 5.97 Å². The van der Waals surface area contributed by atoms with E-state index in [9.17, 15) is 9.59 Å². The third-order valence-electron chi connectivity index (χ3n) is 0.294. The molecule has 0 spiro atoms. The predicted molar refractivity (Wildman–Crippen MR) is 22.5 cm³/mol. The first-order valence-electron chi connectivity index (χ1n) is 1.54. The predicted octanol–water partition coefficient (Wildman–Crippen LogP) is -0.263. The van der Waals surface area contributed by atoms with Crippen molar-refractivity contribution < 1.29 is 14.7 Å². The van der Waals surface area contributed by atoms with Gasteiger partial charge in [-0.3, -0.25) is 4.79 Å². The smallest absolute Gasteiger partial charge is 0.328 e. The molecule has 7 heavy (non-hydrogen) atoms. The molecule has 0 aliphatic carbocycles. The van der Waals surface area contributed by atoms with Gasteiger partial charge in [-0.15, -0.1) is 0 Å². The molecule has 0 saturated carbocycles. The lowest BCUT2D eigenvalue weighted by atomic mass is 10.5. The molecule has 0 atom stereocenters. The lowest BCUT2D eigenvalue weighted by Gasteiger charge is -1.68. The zero-order valence-electron chi connectivity index (χ0n) is 3.42. The molecule has 0 amide bonds. The maximum Gasteiger partial charge on any atom is 0.328 e. The van der Waals surface area contributed by atoms with Crippen molar-refractivity contribution in [2.24, 2.45) is 0 Å². The van der Waals surface area contributed by atoms with Crippen LogP contribution < -0.4 is 0 Å². The third kappa shape index (κ3) is 4.88. The van der Waals surface area contributed by atoms with Crippen LogP contribution in [0.5, 0.6) is 0 Å².